The average molecular weight is 225 g/mol. The largest absolute Gasteiger partial charge is 0.338 e. The average Bonchev–Trinajstić information content (AvgIpc) is 2.12. The van der Waals surface area contributed by atoms with Crippen molar-refractivity contribution in [2.75, 3.05) is 24.4 Å². The van der Waals surface area contributed by atoms with Gasteiger partial charge in [-0.15, -0.1) is 11.6 Å². The van der Waals surface area contributed by atoms with E-state index in [0.717, 1.165) is 12.2 Å². The zero-order valence-electron chi connectivity index (χ0n) is 7.43. The van der Waals surface area contributed by atoms with Gasteiger partial charge in [0.15, 0.2) is 0 Å². The van der Waals surface area contributed by atoms with Crippen LogP contribution in [0.15, 0.2) is 0 Å². The summed E-state index contributed by atoms with van der Waals surface area (Å²) in [5, 5.41) is 4.62. The molecule has 0 aliphatic rings. The standard InChI is InChI=1S/C7H13ClN2O2S/c1-13-4-2-3-9-7(12)10-6(11)5-8/h2-5H2,1H3,(H2,9,10,11,12). The molecule has 4 nitrogen and oxygen atoms in total. The molecule has 3 amide bonds. The smallest absolute Gasteiger partial charge is 0.321 e. The third kappa shape index (κ3) is 7.93. The van der Waals surface area contributed by atoms with Gasteiger partial charge in [-0.05, 0) is 18.4 Å². The molecule has 0 heterocycles. The minimum atomic E-state index is -0.482. The predicted octanol–water partition coefficient (Wildman–Crippen LogP) is 0.804. The summed E-state index contributed by atoms with van der Waals surface area (Å²) in [4.78, 5) is 21.5. The summed E-state index contributed by atoms with van der Waals surface area (Å²) in [6.07, 6.45) is 2.89. The van der Waals surface area contributed by atoms with Crippen LogP contribution in [0.3, 0.4) is 0 Å². The summed E-state index contributed by atoms with van der Waals surface area (Å²) in [6, 6.07) is -0.480. The Morgan fingerprint density at radius 1 is 1.46 bits per heavy atom. The van der Waals surface area contributed by atoms with Crippen molar-refractivity contribution in [2.24, 2.45) is 0 Å². The summed E-state index contributed by atoms with van der Waals surface area (Å²) < 4.78 is 0. The molecule has 0 fully saturated rings. The zero-order chi connectivity index (χ0) is 10.1. The Kier molecular flexibility index (Phi) is 7.93. The second kappa shape index (κ2) is 8.19. The van der Waals surface area contributed by atoms with E-state index in [9.17, 15) is 9.59 Å². The molecule has 0 rings (SSSR count). The maximum Gasteiger partial charge on any atom is 0.321 e. The molecule has 0 saturated heterocycles. The van der Waals surface area contributed by atoms with Gasteiger partial charge >= 0.3 is 6.03 Å². The summed E-state index contributed by atoms with van der Waals surface area (Å²) in [7, 11) is 0. The number of urea groups is 1. The van der Waals surface area contributed by atoms with E-state index in [4.69, 9.17) is 11.6 Å². The number of carbonyl (C=O) groups is 2. The van der Waals surface area contributed by atoms with Gasteiger partial charge in [0, 0.05) is 6.54 Å². The van der Waals surface area contributed by atoms with Gasteiger partial charge in [-0.3, -0.25) is 10.1 Å². The highest BCUT2D eigenvalue weighted by Crippen LogP contribution is 1.92. The van der Waals surface area contributed by atoms with E-state index in [1.54, 1.807) is 11.8 Å². The third-order valence-corrected chi connectivity index (χ3v) is 2.12. The molecule has 0 bridgehead atoms. The highest BCUT2D eigenvalue weighted by molar-refractivity contribution is 7.98. The van der Waals surface area contributed by atoms with E-state index in [0.29, 0.717) is 6.54 Å². The number of halogens is 1. The number of nitrogens with one attached hydrogen (secondary N) is 2. The van der Waals surface area contributed by atoms with Crippen LogP contribution < -0.4 is 10.6 Å². The van der Waals surface area contributed by atoms with Gasteiger partial charge in [0.25, 0.3) is 0 Å². The van der Waals surface area contributed by atoms with Crippen LogP contribution in [0.25, 0.3) is 0 Å². The first-order chi connectivity index (χ1) is 6.20. The van der Waals surface area contributed by atoms with Crippen LogP contribution in [0.5, 0.6) is 0 Å². The van der Waals surface area contributed by atoms with Crippen molar-refractivity contribution in [3.8, 4) is 0 Å². The van der Waals surface area contributed by atoms with Crippen molar-refractivity contribution in [3.05, 3.63) is 0 Å². The van der Waals surface area contributed by atoms with E-state index in [1.165, 1.54) is 0 Å². The van der Waals surface area contributed by atoms with Crippen LogP contribution in [0.1, 0.15) is 6.42 Å². The van der Waals surface area contributed by atoms with Crippen LogP contribution in [-0.4, -0.2) is 36.4 Å². The van der Waals surface area contributed by atoms with Crippen molar-refractivity contribution in [3.63, 3.8) is 0 Å². The fourth-order valence-electron chi connectivity index (χ4n) is 0.623. The summed E-state index contributed by atoms with van der Waals surface area (Å²) in [5.74, 6) is 0.311. The molecule has 13 heavy (non-hydrogen) atoms. The Balaban J connectivity index is 3.35. The fourth-order valence-corrected chi connectivity index (χ4v) is 1.12. The molecule has 2 N–H and O–H groups in total. The molecule has 0 aliphatic carbocycles. The van der Waals surface area contributed by atoms with Crippen LogP contribution >= 0.6 is 23.4 Å². The zero-order valence-corrected chi connectivity index (χ0v) is 9.00. The number of hydrogen-bond acceptors (Lipinski definition) is 3. The van der Waals surface area contributed by atoms with Crippen LogP contribution in [0, 0.1) is 0 Å². The Morgan fingerprint density at radius 3 is 2.69 bits per heavy atom. The Labute approximate surface area is 86.8 Å². The monoisotopic (exact) mass is 224 g/mol. The van der Waals surface area contributed by atoms with Crippen molar-refractivity contribution in [1.82, 2.24) is 10.6 Å². The van der Waals surface area contributed by atoms with Gasteiger partial charge < -0.3 is 5.32 Å². The molecule has 0 saturated carbocycles. The second-order valence-corrected chi connectivity index (χ2v) is 3.54. The number of alkyl halides is 1. The molecular weight excluding hydrogens is 212 g/mol. The minimum Gasteiger partial charge on any atom is -0.338 e. The first-order valence-electron chi connectivity index (χ1n) is 3.83. The summed E-state index contributed by atoms with van der Waals surface area (Å²) in [6.45, 7) is 0.572. The molecular formula is C7H13ClN2O2S. The lowest BCUT2D eigenvalue weighted by Crippen LogP contribution is -2.40. The molecule has 0 aromatic heterocycles. The van der Waals surface area contributed by atoms with Gasteiger partial charge in [-0.25, -0.2) is 4.79 Å². The first kappa shape index (κ1) is 12.6. The SMILES string of the molecule is CSCCCNC(=O)NC(=O)CCl. The fraction of sp³-hybridized carbons (Fsp3) is 0.714. The maximum absolute atomic E-state index is 10.9. The van der Waals surface area contributed by atoms with E-state index in [1.807, 2.05) is 6.26 Å². The van der Waals surface area contributed by atoms with E-state index < -0.39 is 11.9 Å². The van der Waals surface area contributed by atoms with Crippen molar-refractivity contribution in [1.29, 1.82) is 0 Å². The Hall–Kier alpha value is -0.420. The van der Waals surface area contributed by atoms with Crippen molar-refractivity contribution >= 4 is 35.3 Å². The van der Waals surface area contributed by atoms with E-state index >= 15 is 0 Å². The Morgan fingerprint density at radius 2 is 2.15 bits per heavy atom. The lowest BCUT2D eigenvalue weighted by atomic mass is 10.5. The van der Waals surface area contributed by atoms with Gasteiger partial charge in [0.2, 0.25) is 5.91 Å². The number of carbonyl (C=O) groups excluding carboxylic acids is 2. The maximum atomic E-state index is 10.9. The minimum absolute atomic E-state index is 0.196. The number of rotatable bonds is 5. The van der Waals surface area contributed by atoms with Crippen LogP contribution in [0.4, 0.5) is 4.79 Å². The second-order valence-electron chi connectivity index (χ2n) is 2.28. The highest BCUT2D eigenvalue weighted by Gasteiger charge is 2.03. The predicted molar refractivity (Wildman–Crippen MR) is 55.3 cm³/mol. The molecule has 6 heteroatoms. The van der Waals surface area contributed by atoms with Crippen molar-refractivity contribution < 1.29 is 9.59 Å². The van der Waals surface area contributed by atoms with Gasteiger partial charge in [-0.1, -0.05) is 0 Å². The summed E-state index contributed by atoms with van der Waals surface area (Å²) >= 11 is 6.90. The molecule has 76 valence electrons. The quantitative estimate of drug-likeness (QED) is 0.537. The molecule has 0 aliphatic heterocycles. The highest BCUT2D eigenvalue weighted by atomic mass is 35.5. The van der Waals surface area contributed by atoms with Crippen LogP contribution in [-0.2, 0) is 4.79 Å². The number of hydrogen-bond donors (Lipinski definition) is 2. The van der Waals surface area contributed by atoms with E-state index in [2.05, 4.69) is 10.6 Å². The topological polar surface area (TPSA) is 58.2 Å². The molecule has 0 aromatic carbocycles. The molecule has 0 radical (unpaired) electrons. The number of imide groups is 1. The summed E-state index contributed by atoms with van der Waals surface area (Å²) in [5.41, 5.74) is 0. The normalized spacial score (nSPS) is 9.38. The van der Waals surface area contributed by atoms with E-state index in [-0.39, 0.29) is 5.88 Å². The van der Waals surface area contributed by atoms with Gasteiger partial charge in [-0.2, -0.15) is 11.8 Å². The number of amides is 3. The first-order valence-corrected chi connectivity index (χ1v) is 5.76. The molecule has 0 atom stereocenters. The lowest BCUT2D eigenvalue weighted by molar-refractivity contribution is -0.117. The van der Waals surface area contributed by atoms with Crippen molar-refractivity contribution in [2.45, 2.75) is 6.42 Å². The molecule has 0 spiro atoms. The van der Waals surface area contributed by atoms with Gasteiger partial charge in [0.1, 0.15) is 5.88 Å². The Bertz CT molecular complexity index is 178. The number of thioether (sulfide) groups is 1. The molecule has 0 aromatic rings. The van der Waals surface area contributed by atoms with Gasteiger partial charge in [0.05, 0.1) is 0 Å². The molecule has 0 unspecified atom stereocenters. The lowest BCUT2D eigenvalue weighted by Gasteiger charge is -2.04. The van der Waals surface area contributed by atoms with Crippen LogP contribution in [0.2, 0.25) is 0 Å². The third-order valence-electron chi connectivity index (χ3n) is 1.19.